The molecule has 0 radical (unpaired) electrons. The Morgan fingerprint density at radius 2 is 1.56 bits per heavy atom. The van der Waals surface area contributed by atoms with Gasteiger partial charge in [-0.1, -0.05) is 50.1 Å². The van der Waals surface area contributed by atoms with E-state index < -0.39 is 9.84 Å². The summed E-state index contributed by atoms with van der Waals surface area (Å²) < 4.78 is 25.8. The number of aromatic nitrogens is 1. The van der Waals surface area contributed by atoms with Crippen LogP contribution in [0.3, 0.4) is 0 Å². The lowest BCUT2D eigenvalue weighted by molar-refractivity contribution is 0.0931. The summed E-state index contributed by atoms with van der Waals surface area (Å²) in [6, 6.07) is 23.9. The lowest BCUT2D eigenvalue weighted by Crippen LogP contribution is -2.54. The Morgan fingerprint density at radius 3 is 2.17 bits per heavy atom. The number of anilines is 1. The molecule has 7 heteroatoms. The van der Waals surface area contributed by atoms with E-state index >= 15 is 0 Å². The highest BCUT2D eigenvalue weighted by molar-refractivity contribution is 7.91. The molecule has 6 nitrogen and oxygen atoms in total. The second-order valence-electron chi connectivity index (χ2n) is 12.4. The molecular weight excluding hydrogens is 528 g/mol. The Bertz CT molecular complexity index is 1460. The van der Waals surface area contributed by atoms with Gasteiger partial charge in [0.15, 0.2) is 0 Å². The van der Waals surface area contributed by atoms with Crippen LogP contribution in [-0.2, 0) is 15.3 Å². The summed E-state index contributed by atoms with van der Waals surface area (Å²) in [5.74, 6) is 2.05. The second-order valence-corrected chi connectivity index (χ2v) is 14.3. The molecule has 3 aliphatic rings. The first-order chi connectivity index (χ1) is 19.9. The minimum Gasteiger partial charge on any atom is -0.371 e. The van der Waals surface area contributed by atoms with Gasteiger partial charge in [-0.3, -0.25) is 4.98 Å². The maximum atomic E-state index is 12.9. The normalized spacial score (nSPS) is 24.0. The van der Waals surface area contributed by atoms with Crippen LogP contribution in [0.5, 0.6) is 0 Å². The summed E-state index contributed by atoms with van der Waals surface area (Å²) in [5.41, 5.74) is 1.92. The summed E-state index contributed by atoms with van der Waals surface area (Å²) in [6.45, 7) is 7.53. The number of hydrogen-bond acceptors (Lipinski definition) is 6. The molecule has 0 bridgehead atoms. The largest absolute Gasteiger partial charge is 0.371 e. The molecule has 1 aliphatic carbocycles. The van der Waals surface area contributed by atoms with Gasteiger partial charge < -0.3 is 9.80 Å². The molecule has 2 aromatic carbocycles. The first-order valence-corrected chi connectivity index (χ1v) is 16.6. The maximum Gasteiger partial charge on any atom is 0.206 e. The van der Waals surface area contributed by atoms with Crippen molar-refractivity contribution in [2.75, 3.05) is 37.6 Å². The Kier molecular flexibility index (Phi) is 7.89. The zero-order valence-corrected chi connectivity index (χ0v) is 24.7. The molecule has 1 saturated carbocycles. The molecule has 3 aromatic rings. The van der Waals surface area contributed by atoms with Crippen LogP contribution >= 0.6 is 0 Å². The van der Waals surface area contributed by atoms with Gasteiger partial charge in [-0.2, -0.15) is 5.26 Å². The van der Waals surface area contributed by atoms with Crippen molar-refractivity contribution in [1.82, 2.24) is 9.88 Å². The van der Waals surface area contributed by atoms with Gasteiger partial charge in [-0.05, 0) is 92.1 Å². The highest BCUT2D eigenvalue weighted by Gasteiger charge is 2.51. The molecule has 3 fully saturated rings. The highest BCUT2D eigenvalue weighted by atomic mass is 32.2. The minimum atomic E-state index is -3.53. The molecule has 41 heavy (non-hydrogen) atoms. The number of pyridine rings is 1. The first-order valence-electron chi connectivity index (χ1n) is 15.1. The van der Waals surface area contributed by atoms with Crippen LogP contribution in [-0.4, -0.2) is 51.0 Å². The van der Waals surface area contributed by atoms with Crippen molar-refractivity contribution in [3.63, 3.8) is 0 Å². The van der Waals surface area contributed by atoms with Crippen LogP contribution in [0.4, 0.5) is 5.69 Å². The first kappa shape index (κ1) is 27.9. The lowest BCUT2D eigenvalue weighted by Gasteiger charge is -2.48. The van der Waals surface area contributed by atoms with Gasteiger partial charge in [0.1, 0.15) is 0 Å². The lowest BCUT2D eigenvalue weighted by atomic mass is 9.58. The predicted octanol–water partition coefficient (Wildman–Crippen LogP) is 5.96. The van der Waals surface area contributed by atoms with Gasteiger partial charge >= 0.3 is 0 Å². The third-order valence-electron chi connectivity index (χ3n) is 10.1. The zero-order chi connectivity index (χ0) is 28.5. The van der Waals surface area contributed by atoms with Crippen molar-refractivity contribution >= 4 is 15.5 Å². The number of benzene rings is 2. The van der Waals surface area contributed by atoms with Gasteiger partial charge in [0, 0.05) is 43.6 Å². The standard InChI is InChI=1S/C34H40N4O2S/c1-26-6-5-9-33(26)34(25-35,28-7-3-2-4-8-28)29-16-20-37(21-17-29)22-27-23-38(24-27)30-10-12-31(13-11-30)41(39,40)32-14-18-36-19-15-32/h2-4,7-8,10-15,18-19,26-27,29,33H,5-6,9,16-17,20-24H2,1H3/t26-,33-,34?/m1/s1. The van der Waals surface area contributed by atoms with Crippen molar-refractivity contribution in [3.05, 3.63) is 84.7 Å². The average Bonchev–Trinajstić information content (AvgIpc) is 3.43. The van der Waals surface area contributed by atoms with Gasteiger partial charge in [-0.15, -0.1) is 0 Å². The van der Waals surface area contributed by atoms with E-state index in [1.807, 2.05) is 12.1 Å². The van der Waals surface area contributed by atoms with Crippen LogP contribution < -0.4 is 4.90 Å². The fraction of sp³-hybridized carbons (Fsp3) is 0.471. The molecule has 0 amide bonds. The third-order valence-corrected chi connectivity index (χ3v) is 11.8. The average molecular weight is 569 g/mol. The van der Waals surface area contributed by atoms with Crippen LogP contribution in [0.25, 0.3) is 0 Å². The molecule has 1 aromatic heterocycles. The molecule has 1 unspecified atom stereocenters. The topological polar surface area (TPSA) is 77.3 Å². The van der Waals surface area contributed by atoms with Crippen molar-refractivity contribution < 1.29 is 8.42 Å². The van der Waals surface area contributed by atoms with Gasteiger partial charge in [0.25, 0.3) is 0 Å². The third kappa shape index (κ3) is 5.29. The summed E-state index contributed by atoms with van der Waals surface area (Å²) >= 11 is 0. The maximum absolute atomic E-state index is 12.9. The van der Waals surface area contributed by atoms with Crippen molar-refractivity contribution in [3.8, 4) is 6.07 Å². The van der Waals surface area contributed by atoms with E-state index in [2.05, 4.69) is 58.1 Å². The number of nitriles is 1. The quantitative estimate of drug-likeness (QED) is 0.334. The number of piperidine rings is 1. The van der Waals surface area contributed by atoms with E-state index in [-0.39, 0.29) is 10.3 Å². The van der Waals surface area contributed by atoms with Gasteiger partial charge in [0.2, 0.25) is 9.84 Å². The zero-order valence-electron chi connectivity index (χ0n) is 23.9. The number of sulfone groups is 1. The molecule has 3 heterocycles. The van der Waals surface area contributed by atoms with Crippen LogP contribution in [0.2, 0.25) is 0 Å². The van der Waals surface area contributed by atoms with E-state index in [1.54, 1.807) is 12.1 Å². The van der Waals surface area contributed by atoms with Crippen LogP contribution in [0, 0.1) is 35.0 Å². The SMILES string of the molecule is C[C@@H]1CCC[C@H]1C(C#N)(c1ccccc1)C1CCN(CC2CN(c3ccc(S(=O)(=O)c4ccncc4)cc3)C2)CC1. The summed E-state index contributed by atoms with van der Waals surface area (Å²) in [5, 5.41) is 10.8. The van der Waals surface area contributed by atoms with Crippen molar-refractivity contribution in [1.29, 1.82) is 5.26 Å². The molecule has 214 valence electrons. The predicted molar refractivity (Wildman–Crippen MR) is 161 cm³/mol. The van der Waals surface area contributed by atoms with E-state index in [4.69, 9.17) is 0 Å². The molecule has 2 saturated heterocycles. The van der Waals surface area contributed by atoms with Gasteiger partial charge in [-0.25, -0.2) is 8.42 Å². The molecule has 0 N–H and O–H groups in total. The Balaban J connectivity index is 1.05. The number of rotatable bonds is 8. The van der Waals surface area contributed by atoms with E-state index in [1.165, 1.54) is 49.4 Å². The van der Waals surface area contributed by atoms with E-state index in [0.717, 1.165) is 51.3 Å². The molecule has 2 aliphatic heterocycles. The summed E-state index contributed by atoms with van der Waals surface area (Å²) in [6.07, 6.45) is 8.81. The van der Waals surface area contributed by atoms with Gasteiger partial charge in [0.05, 0.1) is 21.3 Å². The van der Waals surface area contributed by atoms with Crippen LogP contribution in [0.15, 0.2) is 88.9 Å². The van der Waals surface area contributed by atoms with E-state index in [0.29, 0.717) is 28.6 Å². The summed E-state index contributed by atoms with van der Waals surface area (Å²) in [4.78, 5) is 9.43. The molecular formula is C34H40N4O2S. The monoisotopic (exact) mass is 568 g/mol. The highest BCUT2D eigenvalue weighted by Crippen LogP contribution is 2.52. The fourth-order valence-electron chi connectivity index (χ4n) is 7.85. The number of hydrogen-bond donors (Lipinski definition) is 0. The number of likely N-dealkylation sites (tertiary alicyclic amines) is 1. The van der Waals surface area contributed by atoms with E-state index in [9.17, 15) is 13.7 Å². The minimum absolute atomic E-state index is 0.265. The van der Waals surface area contributed by atoms with Crippen molar-refractivity contribution in [2.45, 2.75) is 54.2 Å². The Hall–Kier alpha value is -3.21. The Labute approximate surface area is 244 Å². The molecule has 3 atom stereocenters. The van der Waals surface area contributed by atoms with Crippen molar-refractivity contribution in [2.24, 2.45) is 23.7 Å². The summed E-state index contributed by atoms with van der Waals surface area (Å²) in [7, 11) is -3.53. The fourth-order valence-corrected chi connectivity index (χ4v) is 9.10. The van der Waals surface area contributed by atoms with Crippen LogP contribution in [0.1, 0.15) is 44.6 Å². The molecule has 0 spiro atoms. The number of nitrogens with zero attached hydrogens (tertiary/aromatic N) is 4. The Morgan fingerprint density at radius 1 is 0.902 bits per heavy atom. The molecule has 6 rings (SSSR count). The smallest absolute Gasteiger partial charge is 0.206 e. The second kappa shape index (κ2) is 11.6.